The summed E-state index contributed by atoms with van der Waals surface area (Å²) in [5.41, 5.74) is 1.88. The molecule has 0 bridgehead atoms. The fourth-order valence-corrected chi connectivity index (χ4v) is 1.65. The highest BCUT2D eigenvalue weighted by Gasteiger charge is 2.27. The Kier molecular flexibility index (Phi) is 6.07. The van der Waals surface area contributed by atoms with E-state index in [1.54, 1.807) is 12.1 Å². The number of anilines is 2. The number of halogens is 3. The first-order valence-corrected chi connectivity index (χ1v) is 6.75. The number of nitrogens with one attached hydrogen (secondary N) is 1. The first-order valence-electron chi connectivity index (χ1n) is 5.76. The van der Waals surface area contributed by atoms with E-state index in [9.17, 15) is 13.2 Å². The van der Waals surface area contributed by atoms with Crippen molar-refractivity contribution in [3.8, 4) is 5.88 Å². The Hall–Kier alpha value is -1.31. The lowest BCUT2D eigenvalue weighted by molar-refractivity contribution is -0.0327. The standard InChI is InChI=1S/C11H16F3N3OS/c1-2-6-18-10-8(15)3-4-9(17-10)16-5-7-19-11(12,13)14/h3-4H,2,5-7,15H2,1H3,(H,16,17). The van der Waals surface area contributed by atoms with E-state index in [-0.39, 0.29) is 24.1 Å². The Morgan fingerprint density at radius 2 is 2.16 bits per heavy atom. The van der Waals surface area contributed by atoms with Crippen LogP contribution in [-0.2, 0) is 0 Å². The largest absolute Gasteiger partial charge is 0.476 e. The Labute approximate surface area is 113 Å². The summed E-state index contributed by atoms with van der Waals surface area (Å²) in [7, 11) is 0. The molecule has 0 aliphatic carbocycles. The first-order chi connectivity index (χ1) is 8.92. The van der Waals surface area contributed by atoms with Crippen molar-refractivity contribution in [1.29, 1.82) is 0 Å². The maximum absolute atomic E-state index is 11.9. The van der Waals surface area contributed by atoms with Crippen LogP contribution in [0.4, 0.5) is 24.7 Å². The third-order valence-electron chi connectivity index (χ3n) is 2.01. The molecule has 1 heterocycles. The minimum Gasteiger partial charge on any atom is -0.476 e. The van der Waals surface area contributed by atoms with Gasteiger partial charge in [0.2, 0.25) is 5.88 Å². The number of nitrogens with zero attached hydrogens (tertiary/aromatic N) is 1. The van der Waals surface area contributed by atoms with Crippen molar-refractivity contribution in [3.63, 3.8) is 0 Å². The highest BCUT2D eigenvalue weighted by molar-refractivity contribution is 8.00. The maximum atomic E-state index is 11.9. The van der Waals surface area contributed by atoms with E-state index >= 15 is 0 Å². The molecule has 0 aliphatic heterocycles. The SMILES string of the molecule is CCCOc1nc(NCCSC(F)(F)F)ccc1N. The van der Waals surface area contributed by atoms with Crippen molar-refractivity contribution in [2.75, 3.05) is 30.0 Å². The lowest BCUT2D eigenvalue weighted by atomic mass is 10.4. The van der Waals surface area contributed by atoms with E-state index in [0.29, 0.717) is 24.0 Å². The predicted molar refractivity (Wildman–Crippen MR) is 71.4 cm³/mol. The van der Waals surface area contributed by atoms with E-state index in [0.717, 1.165) is 6.42 Å². The molecule has 1 rings (SSSR count). The summed E-state index contributed by atoms with van der Waals surface area (Å²) >= 11 is -0.0722. The number of hydrogen-bond acceptors (Lipinski definition) is 5. The van der Waals surface area contributed by atoms with Gasteiger partial charge in [-0.1, -0.05) is 6.92 Å². The fourth-order valence-electron chi connectivity index (χ4n) is 1.21. The maximum Gasteiger partial charge on any atom is 0.441 e. The number of nitrogens with two attached hydrogens (primary N) is 1. The lowest BCUT2D eigenvalue weighted by Gasteiger charge is -2.10. The van der Waals surface area contributed by atoms with Crippen molar-refractivity contribution in [1.82, 2.24) is 4.98 Å². The summed E-state index contributed by atoms with van der Waals surface area (Å²) < 4.78 is 41.1. The van der Waals surface area contributed by atoms with Crippen LogP contribution in [0.25, 0.3) is 0 Å². The van der Waals surface area contributed by atoms with Crippen molar-refractivity contribution in [3.05, 3.63) is 12.1 Å². The summed E-state index contributed by atoms with van der Waals surface area (Å²) in [6.07, 6.45) is 0.820. The molecule has 0 spiro atoms. The van der Waals surface area contributed by atoms with Gasteiger partial charge in [-0.2, -0.15) is 18.2 Å². The number of pyridine rings is 1. The van der Waals surface area contributed by atoms with E-state index in [1.807, 2.05) is 6.92 Å². The van der Waals surface area contributed by atoms with Gasteiger partial charge in [-0.05, 0) is 30.3 Å². The van der Waals surface area contributed by atoms with Crippen LogP contribution >= 0.6 is 11.8 Å². The zero-order chi connectivity index (χ0) is 14.3. The molecule has 8 heteroatoms. The van der Waals surface area contributed by atoms with Gasteiger partial charge in [-0.25, -0.2) is 0 Å². The Bertz CT molecular complexity index is 401. The summed E-state index contributed by atoms with van der Waals surface area (Å²) in [5.74, 6) is 0.666. The van der Waals surface area contributed by atoms with Crippen molar-refractivity contribution in [2.45, 2.75) is 18.9 Å². The summed E-state index contributed by atoms with van der Waals surface area (Å²) in [6.45, 7) is 2.60. The second-order valence-corrected chi connectivity index (χ2v) is 4.82. The van der Waals surface area contributed by atoms with Gasteiger partial charge < -0.3 is 15.8 Å². The minimum atomic E-state index is -4.20. The normalized spacial score (nSPS) is 11.4. The number of ether oxygens (including phenoxy) is 1. The molecule has 0 saturated carbocycles. The van der Waals surface area contributed by atoms with Gasteiger partial charge in [0, 0.05) is 12.3 Å². The Morgan fingerprint density at radius 3 is 2.79 bits per heavy atom. The van der Waals surface area contributed by atoms with E-state index in [2.05, 4.69) is 10.3 Å². The van der Waals surface area contributed by atoms with Crippen LogP contribution in [0.1, 0.15) is 13.3 Å². The molecule has 0 aliphatic rings. The molecular weight excluding hydrogens is 279 g/mol. The molecule has 0 saturated heterocycles. The molecule has 19 heavy (non-hydrogen) atoms. The van der Waals surface area contributed by atoms with E-state index < -0.39 is 5.51 Å². The number of rotatable bonds is 7. The third-order valence-corrected chi connectivity index (χ3v) is 2.74. The summed E-state index contributed by atoms with van der Waals surface area (Å²) in [6, 6.07) is 3.21. The average molecular weight is 295 g/mol. The molecule has 0 fully saturated rings. The molecule has 0 unspecified atom stereocenters. The molecule has 0 atom stereocenters. The highest BCUT2D eigenvalue weighted by atomic mass is 32.2. The Morgan fingerprint density at radius 1 is 1.42 bits per heavy atom. The van der Waals surface area contributed by atoms with Crippen molar-refractivity contribution >= 4 is 23.3 Å². The van der Waals surface area contributed by atoms with Crippen LogP contribution in [0, 0.1) is 0 Å². The average Bonchev–Trinajstić information content (AvgIpc) is 2.33. The van der Waals surface area contributed by atoms with E-state index in [1.165, 1.54) is 0 Å². The van der Waals surface area contributed by atoms with Crippen LogP contribution in [0.2, 0.25) is 0 Å². The van der Waals surface area contributed by atoms with Crippen molar-refractivity contribution in [2.24, 2.45) is 0 Å². The van der Waals surface area contributed by atoms with Crippen LogP contribution in [-0.4, -0.2) is 29.4 Å². The first kappa shape index (κ1) is 15.7. The van der Waals surface area contributed by atoms with Gasteiger partial charge in [0.05, 0.1) is 12.3 Å². The molecule has 108 valence electrons. The van der Waals surface area contributed by atoms with Gasteiger partial charge in [-0.3, -0.25) is 0 Å². The zero-order valence-corrected chi connectivity index (χ0v) is 11.3. The van der Waals surface area contributed by atoms with Gasteiger partial charge in [0.15, 0.2) is 0 Å². The summed E-state index contributed by atoms with van der Waals surface area (Å²) in [4.78, 5) is 4.09. The molecule has 1 aromatic rings. The van der Waals surface area contributed by atoms with E-state index in [4.69, 9.17) is 10.5 Å². The molecule has 4 nitrogen and oxygen atoms in total. The molecule has 1 aromatic heterocycles. The van der Waals surface area contributed by atoms with Crippen LogP contribution in [0.15, 0.2) is 12.1 Å². The van der Waals surface area contributed by atoms with Gasteiger partial charge in [0.1, 0.15) is 5.82 Å². The number of alkyl halides is 3. The van der Waals surface area contributed by atoms with Gasteiger partial charge in [-0.15, -0.1) is 0 Å². The van der Waals surface area contributed by atoms with Gasteiger partial charge >= 0.3 is 5.51 Å². The molecular formula is C11H16F3N3OS. The third kappa shape index (κ3) is 6.42. The second kappa shape index (κ2) is 7.32. The number of hydrogen-bond donors (Lipinski definition) is 2. The van der Waals surface area contributed by atoms with Gasteiger partial charge in [0.25, 0.3) is 0 Å². The molecule has 0 radical (unpaired) electrons. The molecule has 0 aromatic carbocycles. The molecule has 0 amide bonds. The topological polar surface area (TPSA) is 60.2 Å². The second-order valence-electron chi connectivity index (χ2n) is 3.66. The Balaban J connectivity index is 2.45. The van der Waals surface area contributed by atoms with Crippen LogP contribution in [0.5, 0.6) is 5.88 Å². The number of aromatic nitrogens is 1. The van der Waals surface area contributed by atoms with Crippen LogP contribution in [0.3, 0.4) is 0 Å². The monoisotopic (exact) mass is 295 g/mol. The molecule has 3 N–H and O–H groups in total. The zero-order valence-electron chi connectivity index (χ0n) is 10.5. The highest BCUT2D eigenvalue weighted by Crippen LogP contribution is 2.29. The number of thioether (sulfide) groups is 1. The minimum absolute atomic E-state index is 0.0722. The van der Waals surface area contributed by atoms with Crippen molar-refractivity contribution < 1.29 is 17.9 Å². The fraction of sp³-hybridized carbons (Fsp3) is 0.545. The number of nitrogen functional groups attached to an aromatic ring is 1. The van der Waals surface area contributed by atoms with Crippen LogP contribution < -0.4 is 15.8 Å². The summed E-state index contributed by atoms with van der Waals surface area (Å²) in [5, 5.41) is 2.79. The predicted octanol–water partition coefficient (Wildman–Crippen LogP) is 3.12. The quantitative estimate of drug-likeness (QED) is 0.757. The lowest BCUT2D eigenvalue weighted by Crippen LogP contribution is -2.11. The smallest absolute Gasteiger partial charge is 0.441 e.